The van der Waals surface area contributed by atoms with E-state index >= 15 is 0 Å². The average molecular weight is 369 g/mol. The van der Waals surface area contributed by atoms with Gasteiger partial charge in [-0.15, -0.1) is 0 Å². The van der Waals surface area contributed by atoms with Gasteiger partial charge < -0.3 is 10.5 Å². The average Bonchev–Trinajstić information content (AvgIpc) is 2.62. The smallest absolute Gasteiger partial charge is 0.269 e. The van der Waals surface area contributed by atoms with Crippen molar-refractivity contribution in [2.75, 3.05) is 19.7 Å². The Kier molecular flexibility index (Phi) is 5.38. The number of nitrogens with zero attached hydrogens (tertiary/aromatic N) is 2. The molecule has 2 aliphatic heterocycles. The van der Waals surface area contributed by atoms with Crippen LogP contribution in [0.2, 0.25) is 0 Å². The maximum Gasteiger partial charge on any atom is 0.269 e. The molecule has 2 aliphatic rings. The predicted molar refractivity (Wildman–Crippen MR) is 91.5 cm³/mol. The molecule has 9 heteroatoms. The standard InChI is InChI=1S/C16H23N3O5S/c17-13-7-10-24-16(11-13)12-5-8-18(9-6-12)25(22,23)15-3-1-14(2-4-15)19(20)21/h1-4,12-13,16H,5-11,17H2. The summed E-state index contributed by atoms with van der Waals surface area (Å²) < 4.78 is 32.7. The van der Waals surface area contributed by atoms with E-state index in [2.05, 4.69) is 0 Å². The van der Waals surface area contributed by atoms with Crippen molar-refractivity contribution in [3.8, 4) is 0 Å². The summed E-state index contributed by atoms with van der Waals surface area (Å²) in [4.78, 5) is 10.2. The van der Waals surface area contributed by atoms with Gasteiger partial charge in [0.15, 0.2) is 0 Å². The number of sulfonamides is 1. The van der Waals surface area contributed by atoms with Crippen LogP contribution in [0.1, 0.15) is 25.7 Å². The summed E-state index contributed by atoms with van der Waals surface area (Å²) in [5.74, 6) is 0.328. The number of piperidine rings is 1. The molecule has 3 rings (SSSR count). The highest BCUT2D eigenvalue weighted by Gasteiger charge is 2.34. The number of nitro groups is 1. The number of rotatable bonds is 4. The third-order valence-corrected chi connectivity index (χ3v) is 6.98. The fourth-order valence-corrected chi connectivity index (χ4v) is 5.03. The van der Waals surface area contributed by atoms with Crippen LogP contribution in [0, 0.1) is 16.0 Å². The van der Waals surface area contributed by atoms with Crippen LogP contribution in [0.15, 0.2) is 29.2 Å². The SMILES string of the molecule is NC1CCOC(C2CCN(S(=O)(=O)c3ccc([N+](=O)[O-])cc3)CC2)C1. The minimum absolute atomic E-state index is 0.0903. The van der Waals surface area contributed by atoms with Crippen molar-refractivity contribution in [3.05, 3.63) is 34.4 Å². The van der Waals surface area contributed by atoms with Crippen molar-refractivity contribution in [1.82, 2.24) is 4.31 Å². The first-order chi connectivity index (χ1) is 11.9. The molecule has 0 bridgehead atoms. The van der Waals surface area contributed by atoms with Crippen LogP contribution in [0.25, 0.3) is 0 Å². The highest BCUT2D eigenvalue weighted by Crippen LogP contribution is 2.30. The number of nitrogens with two attached hydrogens (primary N) is 1. The van der Waals surface area contributed by atoms with Gasteiger partial charge in [0.2, 0.25) is 10.0 Å². The molecule has 25 heavy (non-hydrogen) atoms. The van der Waals surface area contributed by atoms with E-state index < -0.39 is 14.9 Å². The van der Waals surface area contributed by atoms with E-state index in [9.17, 15) is 18.5 Å². The molecule has 1 aromatic carbocycles. The number of ether oxygens (including phenoxy) is 1. The molecule has 2 unspecified atom stereocenters. The van der Waals surface area contributed by atoms with Gasteiger partial charge in [0.05, 0.1) is 15.9 Å². The van der Waals surface area contributed by atoms with Gasteiger partial charge in [-0.3, -0.25) is 10.1 Å². The molecule has 0 aliphatic carbocycles. The molecule has 0 radical (unpaired) electrons. The van der Waals surface area contributed by atoms with Crippen LogP contribution in [0.5, 0.6) is 0 Å². The molecule has 0 aromatic heterocycles. The van der Waals surface area contributed by atoms with Crippen LogP contribution in [-0.2, 0) is 14.8 Å². The second-order valence-corrected chi connectivity index (χ2v) is 8.62. The van der Waals surface area contributed by atoms with Gasteiger partial charge in [-0.25, -0.2) is 8.42 Å². The number of non-ortho nitro benzene ring substituents is 1. The van der Waals surface area contributed by atoms with Gasteiger partial charge in [0, 0.05) is 37.9 Å². The fourth-order valence-electron chi connectivity index (χ4n) is 3.56. The summed E-state index contributed by atoms with van der Waals surface area (Å²) in [5.41, 5.74) is 5.88. The highest BCUT2D eigenvalue weighted by molar-refractivity contribution is 7.89. The van der Waals surface area contributed by atoms with E-state index in [0.717, 1.165) is 25.7 Å². The Balaban J connectivity index is 1.64. The zero-order valence-electron chi connectivity index (χ0n) is 13.9. The van der Waals surface area contributed by atoms with Crippen LogP contribution in [0.4, 0.5) is 5.69 Å². The largest absolute Gasteiger partial charge is 0.378 e. The van der Waals surface area contributed by atoms with Crippen molar-refractivity contribution < 1.29 is 18.1 Å². The van der Waals surface area contributed by atoms with E-state index in [1.54, 1.807) is 0 Å². The Hall–Kier alpha value is -1.55. The van der Waals surface area contributed by atoms with Gasteiger partial charge in [-0.05, 0) is 43.7 Å². The fraction of sp³-hybridized carbons (Fsp3) is 0.625. The molecule has 1 aromatic rings. The first-order valence-corrected chi connectivity index (χ1v) is 9.93. The van der Waals surface area contributed by atoms with Crippen LogP contribution in [0.3, 0.4) is 0 Å². The monoisotopic (exact) mass is 369 g/mol. The number of hydrogen-bond donors (Lipinski definition) is 1. The highest BCUT2D eigenvalue weighted by atomic mass is 32.2. The molecular weight excluding hydrogens is 346 g/mol. The number of hydrogen-bond acceptors (Lipinski definition) is 6. The Bertz CT molecular complexity index is 714. The molecule has 0 saturated carbocycles. The molecule has 2 fully saturated rings. The van der Waals surface area contributed by atoms with Gasteiger partial charge in [-0.2, -0.15) is 4.31 Å². The molecule has 2 N–H and O–H groups in total. The minimum Gasteiger partial charge on any atom is -0.378 e. The Morgan fingerprint density at radius 3 is 2.36 bits per heavy atom. The quantitative estimate of drug-likeness (QED) is 0.635. The zero-order chi connectivity index (χ0) is 18.0. The maximum atomic E-state index is 12.7. The topological polar surface area (TPSA) is 116 Å². The predicted octanol–water partition coefficient (Wildman–Crippen LogP) is 1.50. The summed E-state index contributed by atoms with van der Waals surface area (Å²) in [7, 11) is -3.62. The number of nitro benzene ring substituents is 1. The van der Waals surface area contributed by atoms with Crippen LogP contribution >= 0.6 is 0 Å². The first kappa shape index (κ1) is 18.2. The Morgan fingerprint density at radius 2 is 1.80 bits per heavy atom. The maximum absolute atomic E-state index is 12.7. The second-order valence-electron chi connectivity index (χ2n) is 6.69. The summed E-state index contributed by atoms with van der Waals surface area (Å²) >= 11 is 0. The van der Waals surface area contributed by atoms with Crippen LogP contribution in [-0.4, -0.2) is 49.5 Å². The van der Waals surface area contributed by atoms with Crippen molar-refractivity contribution >= 4 is 15.7 Å². The van der Waals surface area contributed by atoms with E-state index in [-0.39, 0.29) is 22.7 Å². The van der Waals surface area contributed by atoms with Crippen molar-refractivity contribution in [2.24, 2.45) is 11.7 Å². The van der Waals surface area contributed by atoms with Crippen LogP contribution < -0.4 is 5.73 Å². The minimum atomic E-state index is -3.62. The summed E-state index contributed by atoms with van der Waals surface area (Å²) in [6.45, 7) is 1.53. The van der Waals surface area contributed by atoms with E-state index in [4.69, 9.17) is 10.5 Å². The third-order valence-electron chi connectivity index (χ3n) is 5.07. The summed E-state index contributed by atoms with van der Waals surface area (Å²) in [5, 5.41) is 10.7. The van der Waals surface area contributed by atoms with Crippen molar-refractivity contribution in [2.45, 2.75) is 42.7 Å². The second kappa shape index (κ2) is 7.36. The molecular formula is C16H23N3O5S. The molecule has 8 nitrogen and oxygen atoms in total. The summed E-state index contributed by atoms with van der Waals surface area (Å²) in [6, 6.07) is 5.19. The van der Waals surface area contributed by atoms with Gasteiger partial charge >= 0.3 is 0 Å². The normalized spacial score (nSPS) is 26.4. The Morgan fingerprint density at radius 1 is 1.16 bits per heavy atom. The van der Waals surface area contributed by atoms with Gasteiger partial charge in [0.25, 0.3) is 5.69 Å². The Labute approximate surface area is 147 Å². The summed E-state index contributed by atoms with van der Waals surface area (Å²) in [6.07, 6.45) is 3.31. The molecule has 2 atom stereocenters. The first-order valence-electron chi connectivity index (χ1n) is 8.49. The molecule has 2 saturated heterocycles. The lowest BCUT2D eigenvalue weighted by molar-refractivity contribution is -0.384. The number of benzene rings is 1. The lowest BCUT2D eigenvalue weighted by Crippen LogP contribution is -2.45. The molecule has 2 heterocycles. The van der Waals surface area contributed by atoms with E-state index in [1.165, 1.54) is 28.6 Å². The molecule has 0 spiro atoms. The lowest BCUT2D eigenvalue weighted by Gasteiger charge is -2.38. The van der Waals surface area contributed by atoms with Crippen molar-refractivity contribution in [1.29, 1.82) is 0 Å². The van der Waals surface area contributed by atoms with E-state index in [1.807, 2.05) is 0 Å². The molecule has 0 amide bonds. The third kappa shape index (κ3) is 4.00. The lowest BCUT2D eigenvalue weighted by atomic mass is 9.87. The molecule has 138 valence electrons. The zero-order valence-corrected chi connectivity index (χ0v) is 14.7. The van der Waals surface area contributed by atoms with E-state index in [0.29, 0.717) is 25.6 Å². The van der Waals surface area contributed by atoms with Gasteiger partial charge in [-0.1, -0.05) is 0 Å². The van der Waals surface area contributed by atoms with Crippen molar-refractivity contribution in [3.63, 3.8) is 0 Å². The van der Waals surface area contributed by atoms with Gasteiger partial charge in [0.1, 0.15) is 0 Å².